The molecule has 3 heteroatoms. The van der Waals surface area contributed by atoms with E-state index in [0.29, 0.717) is 12.8 Å². The van der Waals surface area contributed by atoms with Gasteiger partial charge in [0.05, 0.1) is 6.04 Å². The monoisotopic (exact) mass is 125 g/mol. The maximum absolute atomic E-state index is 10.1. The van der Waals surface area contributed by atoms with Crippen LogP contribution in [-0.4, -0.2) is 23.6 Å². The molecule has 0 aromatic heterocycles. The molecule has 0 radical (unpaired) electrons. The van der Waals surface area contributed by atoms with E-state index in [-0.39, 0.29) is 6.04 Å². The number of aldehydes is 1. The fourth-order valence-electron chi connectivity index (χ4n) is 0.793. The summed E-state index contributed by atoms with van der Waals surface area (Å²) < 4.78 is 0. The molecule has 1 heterocycles. The molecule has 1 unspecified atom stereocenters. The van der Waals surface area contributed by atoms with Crippen LogP contribution in [0.15, 0.2) is 12.3 Å². The Kier molecular flexibility index (Phi) is 1.63. The van der Waals surface area contributed by atoms with Crippen LogP contribution >= 0.6 is 0 Å². The highest BCUT2D eigenvalue weighted by atomic mass is 16.1. The van der Waals surface area contributed by atoms with Crippen molar-refractivity contribution in [1.29, 1.82) is 0 Å². The van der Waals surface area contributed by atoms with Gasteiger partial charge >= 0.3 is 0 Å². The van der Waals surface area contributed by atoms with E-state index in [1.807, 2.05) is 0 Å². The zero-order chi connectivity index (χ0) is 6.69. The van der Waals surface area contributed by atoms with Gasteiger partial charge in [-0.05, 0) is 6.42 Å². The largest absolute Gasteiger partial charge is 0.311 e. The Balaban J connectivity index is 2.58. The molecule has 0 fully saturated rings. The molecule has 1 atom stereocenters. The fraction of sp³-hybridized carbons (Fsp3) is 0.333. The Morgan fingerprint density at radius 2 is 2.33 bits per heavy atom. The first kappa shape index (κ1) is 6.01. The third kappa shape index (κ3) is 0.988. The van der Waals surface area contributed by atoms with Crippen molar-refractivity contribution in [3.8, 4) is 0 Å². The summed E-state index contributed by atoms with van der Waals surface area (Å²) in [6.07, 6.45) is 5.50. The van der Waals surface area contributed by atoms with Crippen molar-refractivity contribution in [2.24, 2.45) is 0 Å². The second-order valence-corrected chi connectivity index (χ2v) is 1.88. The first-order chi connectivity index (χ1) is 4.38. The zero-order valence-corrected chi connectivity index (χ0v) is 4.86. The predicted octanol–water partition coefficient (Wildman–Crippen LogP) is -0.0703. The van der Waals surface area contributed by atoms with Gasteiger partial charge in [-0.25, -0.2) is 0 Å². The molecule has 0 saturated carbocycles. The van der Waals surface area contributed by atoms with Crippen LogP contribution < -0.4 is 0 Å². The molecule has 3 nitrogen and oxygen atoms in total. The highest BCUT2D eigenvalue weighted by Crippen LogP contribution is 2.08. The van der Waals surface area contributed by atoms with Crippen molar-refractivity contribution in [1.82, 2.24) is 4.90 Å². The molecule has 0 aromatic carbocycles. The van der Waals surface area contributed by atoms with Crippen molar-refractivity contribution < 1.29 is 9.59 Å². The summed E-state index contributed by atoms with van der Waals surface area (Å²) in [4.78, 5) is 21.6. The van der Waals surface area contributed by atoms with Gasteiger partial charge in [0.2, 0.25) is 6.41 Å². The maximum atomic E-state index is 10.1. The van der Waals surface area contributed by atoms with Gasteiger partial charge in [-0.2, -0.15) is 0 Å². The van der Waals surface area contributed by atoms with Crippen LogP contribution in [0.4, 0.5) is 0 Å². The van der Waals surface area contributed by atoms with E-state index < -0.39 is 0 Å². The minimum absolute atomic E-state index is 0.248. The number of amides is 1. The number of nitrogens with zero attached hydrogens (tertiary/aromatic N) is 1. The molecule has 1 rings (SSSR count). The topological polar surface area (TPSA) is 37.4 Å². The predicted molar refractivity (Wildman–Crippen MR) is 31.5 cm³/mol. The second kappa shape index (κ2) is 2.44. The maximum Gasteiger partial charge on any atom is 0.214 e. The summed E-state index contributed by atoms with van der Waals surface area (Å²) in [6, 6.07) is -0.248. The Morgan fingerprint density at radius 1 is 1.56 bits per heavy atom. The van der Waals surface area contributed by atoms with Gasteiger partial charge in [0.25, 0.3) is 0 Å². The molecule has 0 aliphatic carbocycles. The van der Waals surface area contributed by atoms with Gasteiger partial charge in [0.15, 0.2) is 0 Å². The highest BCUT2D eigenvalue weighted by Gasteiger charge is 2.16. The molecular formula is C6H7NO2. The minimum Gasteiger partial charge on any atom is -0.311 e. The Labute approximate surface area is 53.0 Å². The van der Waals surface area contributed by atoms with Gasteiger partial charge in [0, 0.05) is 6.20 Å². The van der Waals surface area contributed by atoms with Gasteiger partial charge in [-0.1, -0.05) is 6.08 Å². The van der Waals surface area contributed by atoms with Crippen LogP contribution in [0, 0.1) is 0 Å². The molecule has 0 N–H and O–H groups in total. The lowest BCUT2D eigenvalue weighted by Gasteiger charge is -2.10. The molecule has 9 heavy (non-hydrogen) atoms. The summed E-state index contributed by atoms with van der Waals surface area (Å²) >= 11 is 0. The highest BCUT2D eigenvalue weighted by molar-refractivity contribution is 5.66. The third-order valence-electron chi connectivity index (χ3n) is 1.32. The van der Waals surface area contributed by atoms with Crippen molar-refractivity contribution in [3.05, 3.63) is 12.3 Å². The summed E-state index contributed by atoms with van der Waals surface area (Å²) in [5.41, 5.74) is 0. The molecule has 48 valence electrons. The Bertz CT molecular complexity index is 153. The Hall–Kier alpha value is -1.12. The van der Waals surface area contributed by atoms with E-state index >= 15 is 0 Å². The standard InChI is InChI=1S/C6H7NO2/c8-4-6-2-1-3-7(6)5-9/h1,3-6H,2H2. The minimum atomic E-state index is -0.248. The van der Waals surface area contributed by atoms with Gasteiger partial charge < -0.3 is 9.69 Å². The van der Waals surface area contributed by atoms with Crippen LogP contribution in [-0.2, 0) is 9.59 Å². The number of carbonyl (C=O) groups is 2. The average Bonchev–Trinajstić information content (AvgIpc) is 2.33. The van der Waals surface area contributed by atoms with Crippen LogP contribution in [0.1, 0.15) is 6.42 Å². The zero-order valence-electron chi connectivity index (χ0n) is 4.86. The lowest BCUT2D eigenvalue weighted by atomic mass is 10.3. The second-order valence-electron chi connectivity index (χ2n) is 1.88. The van der Waals surface area contributed by atoms with Crippen molar-refractivity contribution >= 4 is 12.7 Å². The quantitative estimate of drug-likeness (QED) is 0.484. The summed E-state index contributed by atoms with van der Waals surface area (Å²) in [6.45, 7) is 0. The van der Waals surface area contributed by atoms with E-state index in [1.54, 1.807) is 12.3 Å². The van der Waals surface area contributed by atoms with Crippen molar-refractivity contribution in [2.45, 2.75) is 12.5 Å². The fourth-order valence-corrected chi connectivity index (χ4v) is 0.793. The average molecular weight is 125 g/mol. The number of carbonyl (C=O) groups excluding carboxylic acids is 2. The molecule has 0 bridgehead atoms. The van der Waals surface area contributed by atoms with E-state index in [1.165, 1.54) is 4.90 Å². The molecule has 1 aliphatic heterocycles. The Morgan fingerprint density at radius 3 is 2.78 bits per heavy atom. The van der Waals surface area contributed by atoms with Crippen LogP contribution in [0.25, 0.3) is 0 Å². The SMILES string of the molecule is O=CC1CC=CN1C=O. The lowest BCUT2D eigenvalue weighted by molar-refractivity contribution is -0.122. The van der Waals surface area contributed by atoms with Gasteiger partial charge in [-0.15, -0.1) is 0 Å². The summed E-state index contributed by atoms with van der Waals surface area (Å²) in [7, 11) is 0. The lowest BCUT2D eigenvalue weighted by Crippen LogP contribution is -2.26. The molecule has 1 aliphatic rings. The molecule has 0 aromatic rings. The van der Waals surface area contributed by atoms with E-state index in [4.69, 9.17) is 0 Å². The van der Waals surface area contributed by atoms with Crippen molar-refractivity contribution in [2.75, 3.05) is 0 Å². The van der Waals surface area contributed by atoms with Gasteiger partial charge in [-0.3, -0.25) is 4.79 Å². The van der Waals surface area contributed by atoms with Crippen LogP contribution in [0.3, 0.4) is 0 Å². The third-order valence-corrected chi connectivity index (χ3v) is 1.32. The summed E-state index contributed by atoms with van der Waals surface area (Å²) in [5, 5.41) is 0. The molecule has 1 amide bonds. The van der Waals surface area contributed by atoms with Gasteiger partial charge in [0.1, 0.15) is 6.29 Å². The normalized spacial score (nSPS) is 24.4. The van der Waals surface area contributed by atoms with Crippen LogP contribution in [0.5, 0.6) is 0 Å². The van der Waals surface area contributed by atoms with E-state index in [0.717, 1.165) is 6.29 Å². The van der Waals surface area contributed by atoms with Crippen LogP contribution in [0.2, 0.25) is 0 Å². The number of hydrogen-bond donors (Lipinski definition) is 0. The number of rotatable bonds is 2. The van der Waals surface area contributed by atoms with Crippen molar-refractivity contribution in [3.63, 3.8) is 0 Å². The smallest absolute Gasteiger partial charge is 0.214 e. The first-order valence-corrected chi connectivity index (χ1v) is 2.73. The summed E-state index contributed by atoms with van der Waals surface area (Å²) in [5.74, 6) is 0. The first-order valence-electron chi connectivity index (χ1n) is 2.73. The molecule has 0 saturated heterocycles. The van der Waals surface area contributed by atoms with E-state index in [9.17, 15) is 9.59 Å². The molecular weight excluding hydrogens is 118 g/mol. The number of hydrogen-bond acceptors (Lipinski definition) is 2. The van der Waals surface area contributed by atoms with E-state index in [2.05, 4.69) is 0 Å². The molecule has 0 spiro atoms.